The van der Waals surface area contributed by atoms with E-state index in [2.05, 4.69) is 40.2 Å². The minimum Gasteiger partial charge on any atom is -0.490 e. The number of aliphatic hydroxyl groups excluding tert-OH is 2. The van der Waals surface area contributed by atoms with Gasteiger partial charge in [-0.2, -0.15) is 5.26 Å². The quantitative estimate of drug-likeness (QED) is 0.508. The molecule has 0 amide bonds. The molecule has 1 aliphatic rings. The highest BCUT2D eigenvalue weighted by molar-refractivity contribution is 7.17. The van der Waals surface area contributed by atoms with Crippen LogP contribution in [0.4, 0.5) is 0 Å². The van der Waals surface area contributed by atoms with Crippen LogP contribution in [-0.2, 0) is 19.4 Å². The smallest absolute Gasteiger partial charge is 0.148 e. The van der Waals surface area contributed by atoms with Gasteiger partial charge in [0.15, 0.2) is 0 Å². The number of ether oxygens (including phenoxy) is 1. The Morgan fingerprint density at radius 1 is 1.15 bits per heavy atom. The molecule has 3 aromatic rings. The Morgan fingerprint density at radius 2 is 1.91 bits per heavy atom. The third-order valence-electron chi connectivity index (χ3n) is 6.21. The predicted molar refractivity (Wildman–Crippen MR) is 133 cm³/mol. The Balaban J connectivity index is 1.64. The van der Waals surface area contributed by atoms with E-state index in [1.807, 2.05) is 32.0 Å². The first-order valence-corrected chi connectivity index (χ1v) is 12.4. The topological polar surface area (TPSA) is 103 Å². The zero-order valence-corrected chi connectivity index (χ0v) is 20.6. The van der Waals surface area contributed by atoms with E-state index in [0.29, 0.717) is 11.3 Å². The van der Waals surface area contributed by atoms with Gasteiger partial charge >= 0.3 is 0 Å². The molecule has 2 heterocycles. The molecule has 7 nitrogen and oxygen atoms in total. The zero-order chi connectivity index (χ0) is 24.2. The molecule has 0 unspecified atom stereocenters. The molecule has 4 rings (SSSR count). The van der Waals surface area contributed by atoms with Gasteiger partial charge in [-0.3, -0.25) is 4.90 Å². The first-order valence-electron chi connectivity index (χ1n) is 11.6. The zero-order valence-electron chi connectivity index (χ0n) is 19.8. The van der Waals surface area contributed by atoms with Gasteiger partial charge in [-0.05, 0) is 61.6 Å². The van der Waals surface area contributed by atoms with Crippen molar-refractivity contribution in [2.45, 2.75) is 52.3 Å². The van der Waals surface area contributed by atoms with Gasteiger partial charge in [-0.1, -0.05) is 30.4 Å². The van der Waals surface area contributed by atoms with E-state index in [4.69, 9.17) is 4.74 Å². The molecule has 0 bridgehead atoms. The summed E-state index contributed by atoms with van der Waals surface area (Å²) in [6.07, 6.45) is 1.75. The van der Waals surface area contributed by atoms with Crippen molar-refractivity contribution in [3.63, 3.8) is 0 Å². The lowest BCUT2D eigenvalue weighted by molar-refractivity contribution is 0.0650. The van der Waals surface area contributed by atoms with Crippen LogP contribution >= 0.6 is 11.3 Å². The summed E-state index contributed by atoms with van der Waals surface area (Å²) in [6, 6.07) is 11.8. The normalized spacial score (nSPS) is 13.8. The van der Waals surface area contributed by atoms with Crippen LogP contribution in [0, 0.1) is 11.3 Å². The molecular formula is C26H30N4O3S. The summed E-state index contributed by atoms with van der Waals surface area (Å²) in [6.45, 7) is 7.46. The number of hydrogen-bond acceptors (Lipinski definition) is 8. The number of aliphatic hydroxyl groups is 2. The van der Waals surface area contributed by atoms with E-state index in [0.717, 1.165) is 47.1 Å². The SMILES string of the molecule is CCc1c(-c2nnc(-c3ccc(OC(C)C)c(C#N)c3)s2)ccc2c1CCN(C(CO)CO)C2. The highest BCUT2D eigenvalue weighted by Gasteiger charge is 2.26. The van der Waals surface area contributed by atoms with Crippen molar-refractivity contribution in [1.82, 2.24) is 15.1 Å². The van der Waals surface area contributed by atoms with Gasteiger partial charge in [0.2, 0.25) is 0 Å². The van der Waals surface area contributed by atoms with E-state index >= 15 is 0 Å². The molecule has 0 aliphatic carbocycles. The molecule has 0 radical (unpaired) electrons. The second-order valence-electron chi connectivity index (χ2n) is 8.72. The maximum absolute atomic E-state index is 9.56. The average Bonchev–Trinajstić information content (AvgIpc) is 3.34. The summed E-state index contributed by atoms with van der Waals surface area (Å²) >= 11 is 1.52. The van der Waals surface area contributed by atoms with Crippen molar-refractivity contribution in [1.29, 1.82) is 5.26 Å². The maximum atomic E-state index is 9.56. The summed E-state index contributed by atoms with van der Waals surface area (Å²) in [5.41, 5.74) is 6.29. The predicted octanol–water partition coefficient (Wildman–Crippen LogP) is 3.80. The first-order chi connectivity index (χ1) is 16.5. The van der Waals surface area contributed by atoms with Crippen molar-refractivity contribution >= 4 is 11.3 Å². The lowest BCUT2D eigenvalue weighted by Gasteiger charge is -2.35. The minimum atomic E-state index is -0.223. The molecule has 0 spiro atoms. The third kappa shape index (κ3) is 4.84. The van der Waals surface area contributed by atoms with Gasteiger partial charge in [0.25, 0.3) is 0 Å². The Hall–Kier alpha value is -2.83. The molecule has 1 aromatic heterocycles. The Morgan fingerprint density at radius 3 is 2.59 bits per heavy atom. The summed E-state index contributed by atoms with van der Waals surface area (Å²) in [5.74, 6) is 0.577. The van der Waals surface area contributed by atoms with Crippen molar-refractivity contribution in [2.75, 3.05) is 19.8 Å². The fourth-order valence-corrected chi connectivity index (χ4v) is 5.41. The standard InChI is InChI=1S/C26H30N4O3S/c1-4-21-22-9-10-30(20(14-31)15-32)13-18(22)5-7-23(21)26-29-28-25(34-26)17-6-8-24(33-16(2)3)19(11-17)12-27/h5-8,11,16,20,31-32H,4,9-10,13-15H2,1-3H3. The Kier molecular flexibility index (Phi) is 7.59. The number of aromatic nitrogens is 2. The van der Waals surface area contributed by atoms with Crippen LogP contribution in [-0.4, -0.2) is 57.2 Å². The van der Waals surface area contributed by atoms with Crippen LogP contribution < -0.4 is 4.74 Å². The van der Waals surface area contributed by atoms with Crippen LogP contribution in [0.25, 0.3) is 21.1 Å². The summed E-state index contributed by atoms with van der Waals surface area (Å²) < 4.78 is 5.73. The second-order valence-corrected chi connectivity index (χ2v) is 9.70. The summed E-state index contributed by atoms with van der Waals surface area (Å²) in [5, 5.41) is 39.2. The van der Waals surface area contributed by atoms with Crippen LogP contribution in [0.15, 0.2) is 30.3 Å². The van der Waals surface area contributed by atoms with Crippen LogP contribution in [0.5, 0.6) is 5.75 Å². The average molecular weight is 479 g/mol. The number of hydrogen-bond donors (Lipinski definition) is 2. The lowest BCUT2D eigenvalue weighted by atomic mass is 9.89. The van der Waals surface area contributed by atoms with Gasteiger partial charge in [-0.15, -0.1) is 10.2 Å². The molecule has 0 fully saturated rings. The molecule has 1 aliphatic heterocycles. The van der Waals surface area contributed by atoms with E-state index in [1.54, 1.807) is 0 Å². The van der Waals surface area contributed by atoms with Gasteiger partial charge < -0.3 is 14.9 Å². The van der Waals surface area contributed by atoms with Crippen molar-refractivity contribution in [3.05, 3.63) is 52.6 Å². The maximum Gasteiger partial charge on any atom is 0.148 e. The number of nitriles is 1. The van der Waals surface area contributed by atoms with E-state index in [9.17, 15) is 15.5 Å². The summed E-state index contributed by atoms with van der Waals surface area (Å²) in [4.78, 5) is 2.14. The fourth-order valence-electron chi connectivity index (χ4n) is 4.51. The number of rotatable bonds is 8. The minimum absolute atomic E-state index is 0.00667. The molecular weight excluding hydrogens is 448 g/mol. The van der Waals surface area contributed by atoms with Crippen molar-refractivity contribution in [3.8, 4) is 33.0 Å². The van der Waals surface area contributed by atoms with Gasteiger partial charge in [0, 0.05) is 24.2 Å². The molecule has 2 N–H and O–H groups in total. The Bertz CT molecular complexity index is 1200. The van der Waals surface area contributed by atoms with E-state index in [-0.39, 0.29) is 25.4 Å². The molecule has 178 valence electrons. The highest BCUT2D eigenvalue weighted by atomic mass is 32.1. The molecule has 0 saturated carbocycles. The number of nitrogens with zero attached hydrogens (tertiary/aromatic N) is 4. The van der Waals surface area contributed by atoms with E-state index in [1.165, 1.54) is 28.0 Å². The van der Waals surface area contributed by atoms with Gasteiger partial charge in [0.1, 0.15) is 21.8 Å². The van der Waals surface area contributed by atoms with Crippen molar-refractivity contribution < 1.29 is 14.9 Å². The molecule has 8 heteroatoms. The molecule has 0 atom stereocenters. The van der Waals surface area contributed by atoms with Crippen molar-refractivity contribution in [2.24, 2.45) is 0 Å². The Labute approximate surface area is 204 Å². The monoisotopic (exact) mass is 478 g/mol. The highest BCUT2D eigenvalue weighted by Crippen LogP contribution is 2.37. The van der Waals surface area contributed by atoms with E-state index < -0.39 is 0 Å². The van der Waals surface area contributed by atoms with Gasteiger partial charge in [-0.25, -0.2) is 0 Å². The van der Waals surface area contributed by atoms with Crippen LogP contribution in [0.3, 0.4) is 0 Å². The fraction of sp³-hybridized carbons (Fsp3) is 0.423. The first kappa shape index (κ1) is 24.3. The lowest BCUT2D eigenvalue weighted by Crippen LogP contribution is -2.43. The number of fused-ring (bicyclic) bond motifs is 1. The molecule has 2 aromatic carbocycles. The summed E-state index contributed by atoms with van der Waals surface area (Å²) in [7, 11) is 0. The molecule has 34 heavy (non-hydrogen) atoms. The second kappa shape index (κ2) is 10.6. The van der Waals surface area contributed by atoms with Gasteiger partial charge in [0.05, 0.1) is 30.9 Å². The van der Waals surface area contributed by atoms with Crippen LogP contribution in [0.1, 0.15) is 43.0 Å². The van der Waals surface area contributed by atoms with Crippen LogP contribution in [0.2, 0.25) is 0 Å². The largest absolute Gasteiger partial charge is 0.490 e. The third-order valence-corrected chi connectivity index (χ3v) is 7.21. The number of benzene rings is 2. The molecule has 0 saturated heterocycles.